The average molecular weight is 483 g/mol. The minimum absolute atomic E-state index is 0.225. The van der Waals surface area contributed by atoms with E-state index < -0.39 is 23.6 Å². The molecule has 1 unspecified atom stereocenters. The summed E-state index contributed by atoms with van der Waals surface area (Å²) in [5.74, 6) is -0.703. The summed E-state index contributed by atoms with van der Waals surface area (Å²) in [5, 5.41) is 2.88. The summed E-state index contributed by atoms with van der Waals surface area (Å²) < 4.78 is 25.9. The molecular formula is C28H35FN2O4. The van der Waals surface area contributed by atoms with Gasteiger partial charge in [-0.1, -0.05) is 32.0 Å². The number of benzene rings is 2. The second kappa shape index (κ2) is 9.26. The zero-order valence-electron chi connectivity index (χ0n) is 21.5. The molecule has 4 rings (SSSR count). The van der Waals surface area contributed by atoms with Crippen LogP contribution in [0, 0.1) is 5.82 Å². The van der Waals surface area contributed by atoms with E-state index in [-0.39, 0.29) is 11.2 Å². The van der Waals surface area contributed by atoms with E-state index in [1.807, 2.05) is 38.1 Å². The van der Waals surface area contributed by atoms with E-state index in [1.54, 1.807) is 27.9 Å². The van der Waals surface area contributed by atoms with Crippen LogP contribution in [0.3, 0.4) is 0 Å². The van der Waals surface area contributed by atoms with Gasteiger partial charge in [0.05, 0.1) is 6.61 Å². The number of aryl methyl sites for hydroxylation is 1. The van der Waals surface area contributed by atoms with E-state index in [2.05, 4.69) is 5.32 Å². The summed E-state index contributed by atoms with van der Waals surface area (Å²) >= 11 is 0. The van der Waals surface area contributed by atoms with Gasteiger partial charge in [0.25, 0.3) is 5.91 Å². The molecule has 2 aromatic carbocycles. The third kappa shape index (κ3) is 5.20. The van der Waals surface area contributed by atoms with Crippen molar-refractivity contribution in [3.63, 3.8) is 0 Å². The summed E-state index contributed by atoms with van der Waals surface area (Å²) in [6.45, 7) is 10.3. The van der Waals surface area contributed by atoms with E-state index in [1.165, 1.54) is 11.0 Å². The number of amides is 2. The van der Waals surface area contributed by atoms with Crippen molar-refractivity contribution in [3.8, 4) is 0 Å². The monoisotopic (exact) mass is 482 g/mol. The fraction of sp³-hybridized carbons (Fsp3) is 0.500. The minimum atomic E-state index is -0.891. The number of halogens is 1. The molecule has 0 saturated carbocycles. The topological polar surface area (TPSA) is 67.9 Å². The highest BCUT2D eigenvalue weighted by molar-refractivity contribution is 5.98. The van der Waals surface area contributed by atoms with E-state index in [0.29, 0.717) is 25.3 Å². The minimum Gasteiger partial charge on any atom is -0.444 e. The van der Waals surface area contributed by atoms with Gasteiger partial charge in [0.2, 0.25) is 0 Å². The Kier molecular flexibility index (Phi) is 6.66. The smallest absolute Gasteiger partial charge is 0.411 e. The Labute approximate surface area is 206 Å². The number of hydrogen-bond donors (Lipinski definition) is 1. The van der Waals surface area contributed by atoms with Gasteiger partial charge in [0, 0.05) is 19.3 Å². The van der Waals surface area contributed by atoms with Crippen molar-refractivity contribution in [1.82, 2.24) is 4.90 Å². The van der Waals surface area contributed by atoms with E-state index in [4.69, 9.17) is 9.47 Å². The lowest BCUT2D eigenvalue weighted by Gasteiger charge is -2.37. The van der Waals surface area contributed by atoms with Crippen molar-refractivity contribution >= 4 is 17.7 Å². The Morgan fingerprint density at radius 1 is 1.14 bits per heavy atom. The molecule has 1 atom stereocenters. The fourth-order valence-electron chi connectivity index (χ4n) is 5.21. The first kappa shape index (κ1) is 25.2. The molecular weight excluding hydrogens is 447 g/mol. The summed E-state index contributed by atoms with van der Waals surface area (Å²) in [6.07, 6.45) is 1.68. The van der Waals surface area contributed by atoms with Crippen molar-refractivity contribution in [1.29, 1.82) is 0 Å². The first-order chi connectivity index (χ1) is 16.4. The van der Waals surface area contributed by atoms with E-state index in [0.717, 1.165) is 40.7 Å². The van der Waals surface area contributed by atoms with Crippen LogP contribution in [0.4, 0.5) is 14.9 Å². The lowest BCUT2D eigenvalue weighted by atomic mass is 9.86. The molecule has 1 N–H and O–H groups in total. The van der Waals surface area contributed by atoms with Gasteiger partial charge < -0.3 is 14.8 Å². The number of methoxy groups -OCH3 is 1. The van der Waals surface area contributed by atoms with Crippen LogP contribution < -0.4 is 5.32 Å². The van der Waals surface area contributed by atoms with Crippen LogP contribution in [0.25, 0.3) is 0 Å². The van der Waals surface area contributed by atoms with Gasteiger partial charge in [0.1, 0.15) is 17.5 Å². The Balaban J connectivity index is 1.67. The predicted octanol–water partition coefficient (Wildman–Crippen LogP) is 5.67. The van der Waals surface area contributed by atoms with Crippen molar-refractivity contribution in [2.24, 2.45) is 0 Å². The number of fused-ring (bicyclic) bond motifs is 2. The van der Waals surface area contributed by atoms with Gasteiger partial charge in [-0.15, -0.1) is 0 Å². The van der Waals surface area contributed by atoms with Crippen LogP contribution in [-0.4, -0.2) is 36.2 Å². The third-order valence-corrected chi connectivity index (χ3v) is 6.76. The van der Waals surface area contributed by atoms with Gasteiger partial charge in [-0.2, -0.15) is 0 Å². The van der Waals surface area contributed by atoms with E-state index >= 15 is 4.39 Å². The van der Waals surface area contributed by atoms with Crippen LogP contribution in [-0.2, 0) is 39.1 Å². The molecule has 2 aromatic rings. The lowest BCUT2D eigenvalue weighted by Crippen LogP contribution is -2.47. The lowest BCUT2D eigenvalue weighted by molar-refractivity contribution is -0.121. The Hall–Kier alpha value is -2.93. The van der Waals surface area contributed by atoms with Crippen molar-refractivity contribution < 1.29 is 23.5 Å². The van der Waals surface area contributed by atoms with Crippen LogP contribution in [0.2, 0.25) is 0 Å². The Bertz CT molecular complexity index is 1150. The molecule has 0 bridgehead atoms. The molecule has 2 aliphatic rings. The molecule has 1 aliphatic heterocycles. The molecule has 0 spiro atoms. The quantitative estimate of drug-likeness (QED) is 0.610. The molecule has 1 heterocycles. The predicted molar refractivity (Wildman–Crippen MR) is 133 cm³/mol. The maximum absolute atomic E-state index is 15.0. The number of carbonyl (C=O) groups is 2. The van der Waals surface area contributed by atoms with E-state index in [9.17, 15) is 9.59 Å². The number of carbonyl (C=O) groups excluding carboxylic acids is 2. The molecule has 6 nitrogen and oxygen atoms in total. The largest absolute Gasteiger partial charge is 0.444 e. The molecule has 0 radical (unpaired) electrons. The average Bonchev–Trinajstić information content (AvgIpc) is 3.06. The number of nitrogens with one attached hydrogen (secondary N) is 1. The molecule has 2 amide bonds. The second-order valence-electron chi connectivity index (χ2n) is 11.2. The zero-order valence-corrected chi connectivity index (χ0v) is 21.5. The summed E-state index contributed by atoms with van der Waals surface area (Å²) in [6, 6.07) is 8.14. The molecule has 0 aromatic heterocycles. The van der Waals surface area contributed by atoms with Gasteiger partial charge in [-0.3, -0.25) is 9.69 Å². The maximum atomic E-state index is 15.0. The maximum Gasteiger partial charge on any atom is 0.411 e. The van der Waals surface area contributed by atoms with Crippen LogP contribution in [0.15, 0.2) is 30.3 Å². The number of anilines is 1. The van der Waals surface area contributed by atoms with Crippen molar-refractivity contribution in [2.45, 2.75) is 77.5 Å². The van der Waals surface area contributed by atoms with Gasteiger partial charge in [-0.25, -0.2) is 9.18 Å². The summed E-state index contributed by atoms with van der Waals surface area (Å²) in [5.41, 5.74) is 3.84. The highest BCUT2D eigenvalue weighted by atomic mass is 19.1. The molecule has 1 aliphatic carbocycles. The molecule has 188 valence electrons. The van der Waals surface area contributed by atoms with Gasteiger partial charge in [0.15, 0.2) is 0 Å². The van der Waals surface area contributed by atoms with Gasteiger partial charge in [-0.05, 0) is 85.4 Å². The Morgan fingerprint density at radius 3 is 2.57 bits per heavy atom. The van der Waals surface area contributed by atoms with Crippen LogP contribution in [0.5, 0.6) is 0 Å². The fourth-order valence-corrected chi connectivity index (χ4v) is 5.21. The number of nitrogens with zero attached hydrogens (tertiary/aromatic N) is 1. The molecule has 0 saturated heterocycles. The SMILES string of the molecule is COCc1ccc2c(c1)CCN(C(=O)OC(C)(C)C)C2C(=O)Nc1cc(F)c2c(c1)CCC2(C)C. The highest BCUT2D eigenvalue weighted by Gasteiger charge is 2.39. The molecule has 35 heavy (non-hydrogen) atoms. The van der Waals surface area contributed by atoms with Crippen LogP contribution >= 0.6 is 0 Å². The zero-order chi connectivity index (χ0) is 25.5. The van der Waals surface area contributed by atoms with Crippen molar-refractivity contribution in [2.75, 3.05) is 19.0 Å². The first-order valence-electron chi connectivity index (χ1n) is 12.1. The standard InChI is InChI=1S/C28H35FN2O4/c1-27(2,3)35-26(33)31-12-10-18-13-17(16-34-6)7-8-21(18)24(31)25(32)30-20-14-19-9-11-28(4,5)23(19)22(29)15-20/h7-8,13-15,24H,9-12,16H2,1-6H3,(H,30,32). The number of ether oxygens (including phenoxy) is 2. The third-order valence-electron chi connectivity index (χ3n) is 6.76. The first-order valence-corrected chi connectivity index (χ1v) is 12.1. The summed E-state index contributed by atoms with van der Waals surface area (Å²) in [7, 11) is 1.64. The number of hydrogen-bond acceptors (Lipinski definition) is 4. The molecule has 7 heteroatoms. The highest BCUT2D eigenvalue weighted by Crippen LogP contribution is 2.41. The summed E-state index contributed by atoms with van der Waals surface area (Å²) in [4.78, 5) is 28.2. The van der Waals surface area contributed by atoms with Gasteiger partial charge >= 0.3 is 6.09 Å². The normalized spacial score (nSPS) is 18.6. The van der Waals surface area contributed by atoms with Crippen molar-refractivity contribution in [3.05, 3.63) is 64.0 Å². The second-order valence-corrected chi connectivity index (χ2v) is 11.2. The van der Waals surface area contributed by atoms with Crippen LogP contribution in [0.1, 0.15) is 74.9 Å². The number of rotatable bonds is 4. The Morgan fingerprint density at radius 2 is 1.89 bits per heavy atom. The molecule has 0 fully saturated rings.